The predicted molar refractivity (Wildman–Crippen MR) is 45.4 cm³/mol. The first-order valence-electron chi connectivity index (χ1n) is 4.44. The van der Waals surface area contributed by atoms with Gasteiger partial charge in [-0.15, -0.1) is 0 Å². The fourth-order valence-corrected chi connectivity index (χ4v) is 2.38. The Labute approximate surface area is 68.4 Å². The van der Waals surface area contributed by atoms with Crippen LogP contribution in [0.4, 0.5) is 0 Å². The van der Waals surface area contributed by atoms with E-state index in [2.05, 4.69) is 20.4 Å². The Morgan fingerprint density at radius 3 is 2.64 bits per heavy atom. The van der Waals surface area contributed by atoms with Crippen LogP contribution >= 0.6 is 0 Å². The molecule has 2 aliphatic heterocycles. The quantitative estimate of drug-likeness (QED) is 0.525. The van der Waals surface area contributed by atoms with Crippen LogP contribution in [0.5, 0.6) is 0 Å². The molecule has 0 N–H and O–H groups in total. The zero-order chi connectivity index (χ0) is 8.06. The highest BCUT2D eigenvalue weighted by molar-refractivity contribution is 5.09. The molecular formula is C10H16O. The Morgan fingerprint density at radius 1 is 1.64 bits per heavy atom. The van der Waals surface area contributed by atoms with E-state index in [0.29, 0.717) is 12.0 Å². The third kappa shape index (κ3) is 1.02. The van der Waals surface area contributed by atoms with Gasteiger partial charge in [0.1, 0.15) is 0 Å². The fraction of sp³-hybridized carbons (Fsp3) is 0.800. The molecule has 1 saturated carbocycles. The van der Waals surface area contributed by atoms with Crippen molar-refractivity contribution in [2.24, 2.45) is 5.92 Å². The largest absolute Gasteiger partial charge is 0.371 e. The van der Waals surface area contributed by atoms with Gasteiger partial charge in [-0.1, -0.05) is 12.2 Å². The van der Waals surface area contributed by atoms with Crippen LogP contribution in [0.1, 0.15) is 33.1 Å². The zero-order valence-electron chi connectivity index (χ0n) is 7.39. The molecule has 1 heteroatoms. The third-order valence-corrected chi connectivity index (χ3v) is 3.13. The van der Waals surface area contributed by atoms with E-state index >= 15 is 0 Å². The normalized spacial score (nSPS) is 48.2. The molecule has 0 aromatic heterocycles. The first-order valence-corrected chi connectivity index (χ1v) is 4.44. The Bertz CT molecular complexity index is 184. The van der Waals surface area contributed by atoms with Gasteiger partial charge in [0.05, 0.1) is 11.7 Å². The summed E-state index contributed by atoms with van der Waals surface area (Å²) >= 11 is 0. The fourth-order valence-electron chi connectivity index (χ4n) is 2.38. The van der Waals surface area contributed by atoms with E-state index in [4.69, 9.17) is 4.74 Å². The minimum absolute atomic E-state index is 0.247. The van der Waals surface area contributed by atoms with E-state index in [1.165, 1.54) is 24.8 Å². The lowest BCUT2D eigenvalue weighted by Crippen LogP contribution is -2.56. The van der Waals surface area contributed by atoms with Crippen molar-refractivity contribution < 1.29 is 4.74 Å². The molecule has 3 atom stereocenters. The van der Waals surface area contributed by atoms with Crippen molar-refractivity contribution in [1.29, 1.82) is 0 Å². The highest BCUT2D eigenvalue weighted by Crippen LogP contribution is 2.48. The molecule has 2 unspecified atom stereocenters. The monoisotopic (exact) mass is 152 g/mol. The van der Waals surface area contributed by atoms with Crippen LogP contribution in [-0.4, -0.2) is 11.7 Å². The van der Waals surface area contributed by atoms with E-state index in [0.717, 1.165) is 0 Å². The van der Waals surface area contributed by atoms with Crippen molar-refractivity contribution in [2.75, 3.05) is 0 Å². The summed E-state index contributed by atoms with van der Waals surface area (Å²) in [6.45, 7) is 8.34. The van der Waals surface area contributed by atoms with E-state index in [-0.39, 0.29) is 5.60 Å². The Hall–Kier alpha value is -0.300. The van der Waals surface area contributed by atoms with E-state index in [9.17, 15) is 0 Å². The van der Waals surface area contributed by atoms with Gasteiger partial charge in [0.2, 0.25) is 0 Å². The molecule has 1 nitrogen and oxygen atoms in total. The first-order chi connectivity index (χ1) is 5.11. The van der Waals surface area contributed by atoms with Gasteiger partial charge in [-0.05, 0) is 26.7 Å². The minimum Gasteiger partial charge on any atom is -0.371 e. The minimum atomic E-state index is 0.247. The molecular weight excluding hydrogens is 136 g/mol. The van der Waals surface area contributed by atoms with E-state index < -0.39 is 0 Å². The van der Waals surface area contributed by atoms with Gasteiger partial charge < -0.3 is 4.74 Å². The first kappa shape index (κ1) is 7.35. The van der Waals surface area contributed by atoms with Gasteiger partial charge in [-0.25, -0.2) is 0 Å². The topological polar surface area (TPSA) is 9.23 Å². The van der Waals surface area contributed by atoms with Crippen LogP contribution in [0.15, 0.2) is 12.2 Å². The summed E-state index contributed by atoms with van der Waals surface area (Å²) in [4.78, 5) is 0. The second kappa shape index (κ2) is 2.10. The molecule has 0 spiro atoms. The lowest BCUT2D eigenvalue weighted by atomic mass is 9.70. The highest BCUT2D eigenvalue weighted by atomic mass is 16.5. The van der Waals surface area contributed by atoms with Crippen molar-refractivity contribution in [3.63, 3.8) is 0 Å². The molecule has 0 aromatic carbocycles. The standard InChI is InChI=1S/C10H16O/c1-7(2)8-4-5-10(3)6-9(8)11-10/h8-9H,1,4-6H2,2-3H3/t8-,9?,10?/m1/s1. The molecule has 3 aliphatic rings. The van der Waals surface area contributed by atoms with Gasteiger partial charge in [0, 0.05) is 12.3 Å². The molecule has 2 heterocycles. The summed E-state index contributed by atoms with van der Waals surface area (Å²) in [6.07, 6.45) is 4.27. The molecule has 2 bridgehead atoms. The van der Waals surface area contributed by atoms with Crippen molar-refractivity contribution in [3.05, 3.63) is 12.2 Å². The van der Waals surface area contributed by atoms with E-state index in [1.54, 1.807) is 0 Å². The molecule has 62 valence electrons. The summed E-state index contributed by atoms with van der Waals surface area (Å²) in [5, 5.41) is 0. The smallest absolute Gasteiger partial charge is 0.0683 e. The Morgan fingerprint density at radius 2 is 2.27 bits per heavy atom. The van der Waals surface area contributed by atoms with Gasteiger partial charge >= 0.3 is 0 Å². The lowest BCUT2D eigenvalue weighted by Gasteiger charge is -2.54. The van der Waals surface area contributed by atoms with Gasteiger partial charge in [-0.3, -0.25) is 0 Å². The average molecular weight is 152 g/mol. The number of hydrogen-bond acceptors (Lipinski definition) is 1. The van der Waals surface area contributed by atoms with Crippen LogP contribution in [0, 0.1) is 5.92 Å². The number of ether oxygens (including phenoxy) is 1. The molecule has 3 fully saturated rings. The molecule has 2 saturated heterocycles. The Balaban J connectivity index is 2.04. The molecule has 3 rings (SSSR count). The van der Waals surface area contributed by atoms with Crippen LogP contribution in [0.3, 0.4) is 0 Å². The molecule has 0 aromatic rings. The second-order valence-corrected chi connectivity index (χ2v) is 4.30. The van der Waals surface area contributed by atoms with Crippen molar-refractivity contribution >= 4 is 0 Å². The molecule has 0 radical (unpaired) electrons. The van der Waals surface area contributed by atoms with Gasteiger partial charge in [0.15, 0.2) is 0 Å². The van der Waals surface area contributed by atoms with Crippen LogP contribution in [0.2, 0.25) is 0 Å². The maximum Gasteiger partial charge on any atom is 0.0683 e. The van der Waals surface area contributed by atoms with Crippen LogP contribution < -0.4 is 0 Å². The number of fused-ring (bicyclic) bond motifs is 2. The summed E-state index contributed by atoms with van der Waals surface area (Å²) < 4.78 is 5.78. The number of hydrogen-bond donors (Lipinski definition) is 0. The van der Waals surface area contributed by atoms with E-state index in [1.807, 2.05) is 0 Å². The Kier molecular flexibility index (Phi) is 1.40. The predicted octanol–water partition coefficient (Wildman–Crippen LogP) is 2.52. The SMILES string of the molecule is C=C(C)[C@H]1CCC2(C)CC1O2. The average Bonchev–Trinajstić information content (AvgIpc) is 1.85. The zero-order valence-corrected chi connectivity index (χ0v) is 7.39. The molecule has 0 amide bonds. The summed E-state index contributed by atoms with van der Waals surface area (Å²) in [5.41, 5.74) is 1.55. The highest BCUT2D eigenvalue weighted by Gasteiger charge is 2.49. The summed E-state index contributed by atoms with van der Waals surface area (Å²) in [7, 11) is 0. The van der Waals surface area contributed by atoms with Crippen molar-refractivity contribution in [3.8, 4) is 0 Å². The van der Waals surface area contributed by atoms with Gasteiger partial charge in [0.25, 0.3) is 0 Å². The summed E-state index contributed by atoms with van der Waals surface area (Å²) in [5.74, 6) is 0.650. The molecule has 1 aliphatic carbocycles. The maximum atomic E-state index is 5.78. The number of rotatable bonds is 1. The third-order valence-electron chi connectivity index (χ3n) is 3.13. The molecule has 11 heavy (non-hydrogen) atoms. The van der Waals surface area contributed by atoms with Gasteiger partial charge in [-0.2, -0.15) is 0 Å². The maximum absolute atomic E-state index is 5.78. The van der Waals surface area contributed by atoms with Crippen molar-refractivity contribution in [2.45, 2.75) is 44.8 Å². The lowest BCUT2D eigenvalue weighted by molar-refractivity contribution is -0.242. The summed E-state index contributed by atoms with van der Waals surface area (Å²) in [6, 6.07) is 0. The van der Waals surface area contributed by atoms with Crippen molar-refractivity contribution in [1.82, 2.24) is 0 Å². The second-order valence-electron chi connectivity index (χ2n) is 4.30. The van der Waals surface area contributed by atoms with Crippen LogP contribution in [0.25, 0.3) is 0 Å². The van der Waals surface area contributed by atoms with Crippen LogP contribution in [-0.2, 0) is 4.74 Å².